The minimum Gasteiger partial charge on any atom is -0.481 e. The highest BCUT2D eigenvalue weighted by atomic mass is 16.5. The molecule has 0 bridgehead atoms. The van der Waals surface area contributed by atoms with Crippen LogP contribution in [-0.2, 0) is 0 Å². The predicted octanol–water partition coefficient (Wildman–Crippen LogP) is 1.35. The molecule has 0 saturated heterocycles. The molecule has 1 fully saturated rings. The van der Waals surface area contributed by atoms with E-state index in [1.54, 1.807) is 37.0 Å². The van der Waals surface area contributed by atoms with Crippen molar-refractivity contribution < 1.29 is 14.3 Å². The number of hydrogen-bond donors (Lipinski definition) is 4. The van der Waals surface area contributed by atoms with Crippen molar-refractivity contribution >= 4 is 23.3 Å². The van der Waals surface area contributed by atoms with Gasteiger partial charge < -0.3 is 26.4 Å². The average Bonchev–Trinajstić information content (AvgIpc) is 3.21. The van der Waals surface area contributed by atoms with Gasteiger partial charge in [-0.1, -0.05) is 0 Å². The molecule has 168 valence electrons. The maximum atomic E-state index is 13.2. The van der Waals surface area contributed by atoms with Crippen LogP contribution in [0.25, 0.3) is 16.8 Å². The molecule has 11 heteroatoms. The molecule has 1 saturated carbocycles. The molecule has 0 spiro atoms. The van der Waals surface area contributed by atoms with E-state index in [9.17, 15) is 9.59 Å². The summed E-state index contributed by atoms with van der Waals surface area (Å²) in [5.41, 5.74) is 8.43. The van der Waals surface area contributed by atoms with Crippen LogP contribution in [0.2, 0.25) is 0 Å². The van der Waals surface area contributed by atoms with Gasteiger partial charge in [0.2, 0.25) is 5.88 Å². The summed E-state index contributed by atoms with van der Waals surface area (Å²) in [7, 11) is 3.13. The summed E-state index contributed by atoms with van der Waals surface area (Å²) in [6.07, 6.45) is 6.11. The summed E-state index contributed by atoms with van der Waals surface area (Å²) >= 11 is 0. The number of amides is 3. The second kappa shape index (κ2) is 9.08. The highest BCUT2D eigenvalue weighted by molar-refractivity contribution is 6.05. The molecule has 3 aromatic rings. The molecule has 0 radical (unpaired) electrons. The lowest BCUT2D eigenvalue weighted by atomic mass is 9.91. The number of nitrogens with two attached hydrogens (primary N) is 1. The summed E-state index contributed by atoms with van der Waals surface area (Å²) in [6.45, 7) is 0. The summed E-state index contributed by atoms with van der Waals surface area (Å²) in [4.78, 5) is 32.9. The van der Waals surface area contributed by atoms with Crippen LogP contribution in [0.15, 0.2) is 30.7 Å². The number of nitrogens with zero attached hydrogens (tertiary/aromatic N) is 4. The fraction of sp³-hybridized carbons (Fsp3) is 0.381. The smallest absolute Gasteiger partial charge is 0.314 e. The zero-order valence-electron chi connectivity index (χ0n) is 18.0. The number of nitrogen functional groups attached to an aromatic ring is 1. The first-order valence-corrected chi connectivity index (χ1v) is 10.4. The summed E-state index contributed by atoms with van der Waals surface area (Å²) in [5.74, 6) is 0.433. The fourth-order valence-corrected chi connectivity index (χ4v) is 4.03. The lowest BCUT2D eigenvalue weighted by Gasteiger charge is -2.29. The van der Waals surface area contributed by atoms with Crippen LogP contribution in [0.5, 0.6) is 5.88 Å². The molecule has 0 atom stereocenters. The normalized spacial score (nSPS) is 18.2. The van der Waals surface area contributed by atoms with Gasteiger partial charge in [0.25, 0.3) is 5.91 Å². The van der Waals surface area contributed by atoms with E-state index >= 15 is 0 Å². The second-order valence-corrected chi connectivity index (χ2v) is 7.68. The lowest BCUT2D eigenvalue weighted by Crippen LogP contribution is -2.46. The van der Waals surface area contributed by atoms with Crippen LogP contribution in [0, 0.1) is 0 Å². The molecule has 3 heterocycles. The molecule has 3 aromatic heterocycles. The van der Waals surface area contributed by atoms with Gasteiger partial charge in [0.1, 0.15) is 11.8 Å². The molecule has 4 rings (SSSR count). The Bertz CT molecular complexity index is 1140. The number of urea groups is 1. The maximum Gasteiger partial charge on any atom is 0.314 e. The van der Waals surface area contributed by atoms with Gasteiger partial charge in [-0.3, -0.25) is 4.79 Å². The third-order valence-electron chi connectivity index (χ3n) is 5.69. The topological polar surface area (TPSA) is 149 Å². The monoisotopic (exact) mass is 438 g/mol. The number of aromatic nitrogens is 4. The van der Waals surface area contributed by atoms with E-state index in [0.29, 0.717) is 22.7 Å². The van der Waals surface area contributed by atoms with Crippen LogP contribution in [0.4, 0.5) is 10.6 Å². The molecule has 5 N–H and O–H groups in total. The van der Waals surface area contributed by atoms with Crippen LogP contribution in [0.1, 0.15) is 36.0 Å². The van der Waals surface area contributed by atoms with E-state index in [2.05, 4.69) is 31.0 Å². The van der Waals surface area contributed by atoms with E-state index in [1.165, 1.54) is 6.33 Å². The highest BCUT2D eigenvalue weighted by Crippen LogP contribution is 2.29. The largest absolute Gasteiger partial charge is 0.481 e. The Morgan fingerprint density at radius 2 is 1.84 bits per heavy atom. The minimum atomic E-state index is -0.237. The first-order valence-electron chi connectivity index (χ1n) is 10.4. The van der Waals surface area contributed by atoms with Crippen molar-refractivity contribution in [3.05, 3.63) is 36.3 Å². The number of hydrogen-bond acceptors (Lipinski definition) is 7. The van der Waals surface area contributed by atoms with Gasteiger partial charge in [0.15, 0.2) is 5.82 Å². The van der Waals surface area contributed by atoms with Crippen molar-refractivity contribution in [3.8, 4) is 17.1 Å². The molecule has 1 aliphatic carbocycles. The van der Waals surface area contributed by atoms with Crippen LogP contribution >= 0.6 is 0 Å². The number of anilines is 1. The van der Waals surface area contributed by atoms with Crippen molar-refractivity contribution in [2.45, 2.75) is 37.8 Å². The standard InChI is InChI=1S/C21H26N8O3/c1-23-21(31)28-14-5-3-13(4-6-14)27-20(30)15-10-16(12-7-8-24-17(9-12)32-2)29-18(15)19(22)25-11-26-29/h7-11,13-14H,3-6H2,1-2H3,(H,27,30)(H2,22,25,26)(H2,23,28,31). The molecule has 11 nitrogen and oxygen atoms in total. The molecule has 0 aliphatic heterocycles. The van der Waals surface area contributed by atoms with Gasteiger partial charge in [0.05, 0.1) is 18.4 Å². The third kappa shape index (κ3) is 4.27. The number of fused-ring (bicyclic) bond motifs is 1. The Balaban J connectivity index is 1.57. The predicted molar refractivity (Wildman–Crippen MR) is 118 cm³/mol. The van der Waals surface area contributed by atoms with Gasteiger partial charge in [0, 0.05) is 37.0 Å². The number of methoxy groups -OCH3 is 1. The Morgan fingerprint density at radius 1 is 1.12 bits per heavy atom. The first-order chi connectivity index (χ1) is 15.5. The SMILES string of the molecule is CNC(=O)NC1CCC(NC(=O)c2cc(-c3ccnc(OC)c3)n3ncnc(N)c23)CC1. The van der Waals surface area contributed by atoms with Crippen molar-refractivity contribution in [1.29, 1.82) is 0 Å². The van der Waals surface area contributed by atoms with Crippen LogP contribution in [-0.4, -0.2) is 57.8 Å². The molecule has 1 aliphatic rings. The van der Waals surface area contributed by atoms with E-state index in [0.717, 1.165) is 31.2 Å². The molecule has 0 aromatic carbocycles. The third-order valence-corrected chi connectivity index (χ3v) is 5.69. The second-order valence-electron chi connectivity index (χ2n) is 7.68. The maximum absolute atomic E-state index is 13.2. The van der Waals surface area contributed by atoms with E-state index in [-0.39, 0.29) is 29.8 Å². The Kier molecular flexibility index (Phi) is 6.06. The van der Waals surface area contributed by atoms with E-state index in [1.807, 2.05) is 6.07 Å². The molecular weight excluding hydrogens is 412 g/mol. The van der Waals surface area contributed by atoms with Gasteiger partial charge in [-0.05, 0) is 37.8 Å². The first kappa shape index (κ1) is 21.3. The lowest BCUT2D eigenvalue weighted by molar-refractivity contribution is 0.0926. The average molecular weight is 438 g/mol. The van der Waals surface area contributed by atoms with E-state index in [4.69, 9.17) is 10.5 Å². The van der Waals surface area contributed by atoms with Crippen LogP contribution < -0.4 is 26.4 Å². The van der Waals surface area contributed by atoms with E-state index < -0.39 is 0 Å². The fourth-order valence-electron chi connectivity index (χ4n) is 4.03. The van der Waals surface area contributed by atoms with Gasteiger partial charge in [-0.15, -0.1) is 0 Å². The zero-order chi connectivity index (χ0) is 22.7. The molecule has 32 heavy (non-hydrogen) atoms. The van der Waals surface area contributed by atoms with Crippen molar-refractivity contribution in [2.75, 3.05) is 19.9 Å². The number of rotatable bonds is 5. The Labute approximate surface area is 184 Å². The Hall–Kier alpha value is -3.89. The highest BCUT2D eigenvalue weighted by Gasteiger charge is 2.26. The summed E-state index contributed by atoms with van der Waals surface area (Å²) < 4.78 is 6.83. The summed E-state index contributed by atoms with van der Waals surface area (Å²) in [5, 5.41) is 12.9. The molecular formula is C21H26N8O3. The number of nitrogens with one attached hydrogen (secondary N) is 3. The number of carbonyl (C=O) groups is 2. The molecule has 0 unspecified atom stereocenters. The zero-order valence-corrected chi connectivity index (χ0v) is 18.0. The molecule has 3 amide bonds. The minimum absolute atomic E-state index is 0.00973. The van der Waals surface area contributed by atoms with Crippen molar-refractivity contribution in [2.24, 2.45) is 0 Å². The quantitative estimate of drug-likeness (QED) is 0.470. The summed E-state index contributed by atoms with van der Waals surface area (Å²) in [6, 6.07) is 5.26. The van der Waals surface area contributed by atoms with Gasteiger partial charge in [-0.2, -0.15) is 5.10 Å². The number of carbonyl (C=O) groups excluding carboxylic acids is 2. The number of pyridine rings is 1. The van der Waals surface area contributed by atoms with Crippen molar-refractivity contribution in [1.82, 2.24) is 35.5 Å². The number of ether oxygens (including phenoxy) is 1. The Morgan fingerprint density at radius 3 is 2.53 bits per heavy atom. The van der Waals surface area contributed by atoms with Crippen LogP contribution in [0.3, 0.4) is 0 Å². The van der Waals surface area contributed by atoms with Gasteiger partial charge in [-0.25, -0.2) is 19.3 Å². The van der Waals surface area contributed by atoms with Gasteiger partial charge >= 0.3 is 6.03 Å². The van der Waals surface area contributed by atoms with Crippen molar-refractivity contribution in [3.63, 3.8) is 0 Å².